The number of nitrogens with two attached hydrogens (primary N) is 1. The van der Waals surface area contributed by atoms with Gasteiger partial charge in [0, 0.05) is 0 Å². The van der Waals surface area contributed by atoms with Crippen molar-refractivity contribution in [2.24, 2.45) is 10.8 Å². The van der Waals surface area contributed by atoms with E-state index in [4.69, 9.17) is 10.9 Å². The van der Waals surface area contributed by atoms with Gasteiger partial charge in [-0.05, 0) is 12.8 Å². The van der Waals surface area contributed by atoms with Crippen molar-refractivity contribution in [2.75, 3.05) is 6.61 Å². The average molecular weight is 171 g/mol. The number of hydrazine groups is 1. The highest BCUT2D eigenvalue weighted by Gasteiger charge is 2.12. The fourth-order valence-corrected chi connectivity index (χ4v) is 1.55. The Balaban J connectivity index is 2.39. The van der Waals surface area contributed by atoms with Gasteiger partial charge in [-0.1, -0.05) is 19.3 Å². The summed E-state index contributed by atoms with van der Waals surface area (Å²) in [5.74, 6) is 5.66. The molecule has 0 saturated heterocycles. The third-order valence-electron chi connectivity index (χ3n) is 2.23. The lowest BCUT2D eigenvalue weighted by Gasteiger charge is -2.18. The Labute approximate surface area is 72.8 Å². The number of hydrogen-bond donors (Lipinski definition) is 3. The quantitative estimate of drug-likeness (QED) is 0.240. The molecule has 0 amide bonds. The van der Waals surface area contributed by atoms with E-state index in [-0.39, 0.29) is 6.61 Å². The van der Waals surface area contributed by atoms with Crippen molar-refractivity contribution in [1.82, 2.24) is 5.43 Å². The smallest absolute Gasteiger partial charge is 0.137 e. The minimum absolute atomic E-state index is 0.0903. The van der Waals surface area contributed by atoms with Crippen LogP contribution in [0.15, 0.2) is 4.99 Å². The van der Waals surface area contributed by atoms with E-state index in [9.17, 15) is 0 Å². The zero-order valence-corrected chi connectivity index (χ0v) is 7.29. The van der Waals surface area contributed by atoms with Crippen molar-refractivity contribution >= 4 is 5.84 Å². The first kappa shape index (κ1) is 9.48. The Morgan fingerprint density at radius 3 is 2.58 bits per heavy atom. The molecule has 1 fully saturated rings. The summed E-state index contributed by atoms with van der Waals surface area (Å²) in [5.41, 5.74) is 2.40. The number of rotatable bonds is 2. The summed E-state index contributed by atoms with van der Waals surface area (Å²) in [6.45, 7) is -0.0903. The van der Waals surface area contributed by atoms with E-state index >= 15 is 0 Å². The number of amidine groups is 1. The maximum absolute atomic E-state index is 8.78. The van der Waals surface area contributed by atoms with Gasteiger partial charge in [-0.2, -0.15) is 0 Å². The molecule has 1 saturated carbocycles. The molecule has 0 aromatic carbocycles. The number of aliphatic hydroxyl groups is 1. The monoisotopic (exact) mass is 171 g/mol. The zero-order chi connectivity index (χ0) is 8.81. The third kappa shape index (κ3) is 2.79. The molecule has 1 rings (SSSR count). The molecule has 0 aromatic rings. The minimum atomic E-state index is -0.0903. The highest BCUT2D eigenvalue weighted by atomic mass is 16.3. The second kappa shape index (κ2) is 5.11. The molecule has 0 aliphatic heterocycles. The molecule has 1 aliphatic rings. The molecule has 0 unspecified atom stereocenters. The number of hydrogen-bond acceptors (Lipinski definition) is 3. The number of aliphatic imine (C=N–C) groups is 1. The van der Waals surface area contributed by atoms with Crippen molar-refractivity contribution in [2.45, 2.75) is 38.1 Å². The largest absolute Gasteiger partial charge is 0.388 e. The Hall–Kier alpha value is -0.610. The second-order valence-corrected chi connectivity index (χ2v) is 3.17. The third-order valence-corrected chi connectivity index (χ3v) is 2.23. The van der Waals surface area contributed by atoms with Crippen LogP contribution in [-0.4, -0.2) is 23.6 Å². The van der Waals surface area contributed by atoms with Crippen LogP contribution in [0.25, 0.3) is 0 Å². The van der Waals surface area contributed by atoms with Crippen molar-refractivity contribution in [3.63, 3.8) is 0 Å². The van der Waals surface area contributed by atoms with E-state index in [1.54, 1.807) is 0 Å². The Morgan fingerprint density at radius 2 is 2.08 bits per heavy atom. The second-order valence-electron chi connectivity index (χ2n) is 3.17. The Bertz CT molecular complexity index is 146. The maximum atomic E-state index is 8.78. The van der Waals surface area contributed by atoms with Gasteiger partial charge >= 0.3 is 0 Å². The minimum Gasteiger partial charge on any atom is -0.388 e. The van der Waals surface area contributed by atoms with Crippen LogP contribution in [0.2, 0.25) is 0 Å². The molecule has 0 radical (unpaired) electrons. The highest BCUT2D eigenvalue weighted by Crippen LogP contribution is 2.19. The van der Waals surface area contributed by atoms with Crippen molar-refractivity contribution < 1.29 is 5.11 Å². The summed E-state index contributed by atoms with van der Waals surface area (Å²) in [6.07, 6.45) is 6.07. The zero-order valence-electron chi connectivity index (χ0n) is 7.29. The van der Waals surface area contributed by atoms with E-state index in [1.807, 2.05) is 0 Å². The molecule has 4 nitrogen and oxygen atoms in total. The summed E-state index contributed by atoms with van der Waals surface area (Å²) in [4.78, 5) is 4.30. The van der Waals surface area contributed by atoms with Gasteiger partial charge < -0.3 is 10.5 Å². The summed E-state index contributed by atoms with van der Waals surface area (Å²) >= 11 is 0. The summed E-state index contributed by atoms with van der Waals surface area (Å²) < 4.78 is 0. The molecule has 1 aliphatic carbocycles. The van der Waals surface area contributed by atoms with Crippen LogP contribution in [0.4, 0.5) is 0 Å². The van der Waals surface area contributed by atoms with Gasteiger partial charge in [0.05, 0.1) is 6.04 Å². The first-order chi connectivity index (χ1) is 5.86. The lowest BCUT2D eigenvalue weighted by Crippen LogP contribution is -2.34. The SMILES string of the molecule is NNC(CO)=NC1CCCCC1. The normalized spacial score (nSPS) is 21.0. The van der Waals surface area contributed by atoms with Crippen molar-refractivity contribution in [3.05, 3.63) is 0 Å². The molecule has 0 atom stereocenters. The van der Waals surface area contributed by atoms with Gasteiger partial charge in [0.2, 0.25) is 0 Å². The van der Waals surface area contributed by atoms with Gasteiger partial charge in [-0.15, -0.1) is 0 Å². The summed E-state index contributed by atoms with van der Waals surface area (Å²) in [6, 6.07) is 0.372. The molecule has 4 heteroatoms. The lowest BCUT2D eigenvalue weighted by molar-refractivity contribution is 0.349. The van der Waals surface area contributed by atoms with Gasteiger partial charge in [0.15, 0.2) is 0 Å². The van der Waals surface area contributed by atoms with Crippen LogP contribution in [0.5, 0.6) is 0 Å². The molecule has 12 heavy (non-hydrogen) atoms. The van der Waals surface area contributed by atoms with E-state index in [0.29, 0.717) is 11.9 Å². The van der Waals surface area contributed by atoms with Crippen LogP contribution in [0.3, 0.4) is 0 Å². The predicted octanol–water partition coefficient (Wildman–Crippen LogP) is 0.173. The molecule has 0 bridgehead atoms. The molecule has 4 N–H and O–H groups in total. The van der Waals surface area contributed by atoms with Crippen molar-refractivity contribution in [3.8, 4) is 0 Å². The number of aliphatic hydroxyl groups excluding tert-OH is 1. The first-order valence-electron chi connectivity index (χ1n) is 4.51. The van der Waals surface area contributed by atoms with Gasteiger partial charge in [-0.3, -0.25) is 4.99 Å². The molecular weight excluding hydrogens is 154 g/mol. The van der Waals surface area contributed by atoms with Crippen LogP contribution in [0.1, 0.15) is 32.1 Å². The number of nitrogens with zero attached hydrogens (tertiary/aromatic N) is 1. The van der Waals surface area contributed by atoms with E-state index in [2.05, 4.69) is 10.4 Å². The Kier molecular flexibility index (Phi) is 4.04. The molecule has 0 aromatic heterocycles. The van der Waals surface area contributed by atoms with E-state index in [0.717, 1.165) is 12.8 Å². The maximum Gasteiger partial charge on any atom is 0.137 e. The van der Waals surface area contributed by atoms with Crippen LogP contribution in [0, 0.1) is 0 Å². The van der Waals surface area contributed by atoms with Gasteiger partial charge in [0.1, 0.15) is 12.4 Å². The first-order valence-corrected chi connectivity index (χ1v) is 4.51. The molecule has 0 spiro atoms. The van der Waals surface area contributed by atoms with Crippen molar-refractivity contribution in [1.29, 1.82) is 0 Å². The van der Waals surface area contributed by atoms with E-state index < -0.39 is 0 Å². The lowest BCUT2D eigenvalue weighted by atomic mass is 9.96. The van der Waals surface area contributed by atoms with E-state index in [1.165, 1.54) is 19.3 Å². The standard InChI is InChI=1S/C8H17N3O/c9-11-8(6-12)10-7-4-2-1-3-5-7/h7,12H,1-6,9H2,(H,10,11). The summed E-state index contributed by atoms with van der Waals surface area (Å²) in [5, 5.41) is 8.78. The summed E-state index contributed by atoms with van der Waals surface area (Å²) in [7, 11) is 0. The molecular formula is C8H17N3O. The van der Waals surface area contributed by atoms with Gasteiger partial charge in [-0.25, -0.2) is 5.84 Å². The predicted molar refractivity (Wildman–Crippen MR) is 48.7 cm³/mol. The van der Waals surface area contributed by atoms with Crippen LogP contribution >= 0.6 is 0 Å². The highest BCUT2D eigenvalue weighted by molar-refractivity contribution is 5.82. The number of nitrogens with one attached hydrogen (secondary N) is 1. The Morgan fingerprint density at radius 1 is 1.42 bits per heavy atom. The topological polar surface area (TPSA) is 70.6 Å². The molecule has 0 heterocycles. The van der Waals surface area contributed by atoms with Gasteiger partial charge in [0.25, 0.3) is 0 Å². The average Bonchev–Trinajstić information content (AvgIpc) is 2.16. The van der Waals surface area contributed by atoms with Crippen LogP contribution in [-0.2, 0) is 0 Å². The molecule has 70 valence electrons. The fraction of sp³-hybridized carbons (Fsp3) is 0.875. The van der Waals surface area contributed by atoms with Crippen LogP contribution < -0.4 is 11.3 Å². The fourth-order valence-electron chi connectivity index (χ4n) is 1.55.